The van der Waals surface area contributed by atoms with Crippen LogP contribution in [0.15, 0.2) is 0 Å². The van der Waals surface area contributed by atoms with E-state index < -0.39 is 0 Å². The van der Waals surface area contributed by atoms with Gasteiger partial charge in [-0.15, -0.1) is 0 Å². The number of ether oxygens (including phenoxy) is 2. The molecule has 1 fully saturated rings. The van der Waals surface area contributed by atoms with Crippen molar-refractivity contribution in [1.82, 2.24) is 5.32 Å². The highest BCUT2D eigenvalue weighted by molar-refractivity contribution is 4.67. The molecule has 0 spiro atoms. The second-order valence-electron chi connectivity index (χ2n) is 3.21. The summed E-state index contributed by atoms with van der Waals surface area (Å²) in [5, 5.41) is 3.13. The molecule has 1 saturated heterocycles. The van der Waals surface area contributed by atoms with Crippen molar-refractivity contribution in [1.29, 1.82) is 0 Å². The molecular weight excluding hydrogens is 154 g/mol. The highest BCUT2D eigenvalue weighted by atomic mass is 16.5. The first kappa shape index (κ1) is 9.96. The van der Waals surface area contributed by atoms with Crippen LogP contribution in [0.5, 0.6) is 0 Å². The van der Waals surface area contributed by atoms with Gasteiger partial charge >= 0.3 is 0 Å². The Hall–Kier alpha value is -0.120. The van der Waals surface area contributed by atoms with E-state index in [2.05, 4.69) is 12.2 Å². The molecule has 1 aliphatic rings. The van der Waals surface area contributed by atoms with Crippen LogP contribution >= 0.6 is 0 Å². The maximum absolute atomic E-state index is 5.81. The lowest BCUT2D eigenvalue weighted by atomic mass is 10.2. The van der Waals surface area contributed by atoms with E-state index in [-0.39, 0.29) is 0 Å². The first-order valence-electron chi connectivity index (χ1n) is 4.74. The predicted molar refractivity (Wildman–Crippen MR) is 48.3 cm³/mol. The van der Waals surface area contributed by atoms with E-state index in [1.807, 2.05) is 7.05 Å². The summed E-state index contributed by atoms with van der Waals surface area (Å²) in [5.41, 5.74) is 0. The van der Waals surface area contributed by atoms with E-state index >= 15 is 0 Å². The van der Waals surface area contributed by atoms with Gasteiger partial charge in [0.2, 0.25) is 0 Å². The van der Waals surface area contributed by atoms with Crippen molar-refractivity contribution in [2.24, 2.45) is 0 Å². The smallest absolute Gasteiger partial charge is 0.0834 e. The summed E-state index contributed by atoms with van der Waals surface area (Å²) in [6, 6.07) is 0. The van der Waals surface area contributed by atoms with Crippen LogP contribution in [0, 0.1) is 0 Å². The van der Waals surface area contributed by atoms with Gasteiger partial charge in [-0.25, -0.2) is 0 Å². The number of likely N-dealkylation sites (N-methyl/N-ethyl adjacent to an activating group) is 1. The Morgan fingerprint density at radius 2 is 2.50 bits per heavy atom. The van der Waals surface area contributed by atoms with Crippen molar-refractivity contribution in [3.8, 4) is 0 Å². The molecule has 72 valence electrons. The van der Waals surface area contributed by atoms with Gasteiger partial charge in [-0.05, 0) is 19.9 Å². The third kappa shape index (κ3) is 3.09. The zero-order valence-corrected chi connectivity index (χ0v) is 8.01. The first-order valence-corrected chi connectivity index (χ1v) is 4.74. The molecular formula is C9H19NO2. The Bertz CT molecular complexity index is 113. The molecule has 0 aromatic carbocycles. The fourth-order valence-corrected chi connectivity index (χ4v) is 1.41. The molecule has 1 aliphatic heterocycles. The molecule has 3 nitrogen and oxygen atoms in total. The highest BCUT2D eigenvalue weighted by Gasteiger charge is 2.19. The summed E-state index contributed by atoms with van der Waals surface area (Å²) in [4.78, 5) is 0. The molecule has 1 heterocycles. The van der Waals surface area contributed by atoms with Gasteiger partial charge < -0.3 is 14.8 Å². The number of rotatable bonds is 5. The van der Waals surface area contributed by atoms with E-state index in [9.17, 15) is 0 Å². The third-order valence-corrected chi connectivity index (χ3v) is 2.16. The zero-order chi connectivity index (χ0) is 8.81. The van der Waals surface area contributed by atoms with Crippen LogP contribution in [0.1, 0.15) is 19.8 Å². The van der Waals surface area contributed by atoms with Crippen molar-refractivity contribution in [2.75, 3.05) is 26.8 Å². The Morgan fingerprint density at radius 3 is 3.00 bits per heavy atom. The van der Waals surface area contributed by atoms with Crippen LogP contribution < -0.4 is 5.32 Å². The van der Waals surface area contributed by atoms with E-state index in [4.69, 9.17) is 9.47 Å². The van der Waals surface area contributed by atoms with Crippen LogP contribution in [-0.2, 0) is 9.47 Å². The normalized spacial score (nSPS) is 26.0. The minimum atomic E-state index is 0.336. The van der Waals surface area contributed by atoms with Gasteiger partial charge in [0, 0.05) is 13.2 Å². The average Bonchev–Trinajstić information content (AvgIpc) is 2.56. The topological polar surface area (TPSA) is 30.5 Å². The Morgan fingerprint density at radius 1 is 1.67 bits per heavy atom. The van der Waals surface area contributed by atoms with Crippen LogP contribution in [0.4, 0.5) is 0 Å². The molecule has 2 unspecified atom stereocenters. The average molecular weight is 173 g/mol. The molecule has 0 aromatic rings. The summed E-state index contributed by atoms with van der Waals surface area (Å²) in [6.45, 7) is 4.73. The standard InChI is InChI=1S/C9H19NO2/c1-3-8(6-10-2)12-9-4-5-11-7-9/h8-10H,3-7H2,1-2H3. The minimum Gasteiger partial charge on any atom is -0.379 e. The Labute approximate surface area is 74.4 Å². The SMILES string of the molecule is CCC(CNC)OC1CCOC1. The van der Waals surface area contributed by atoms with Crippen LogP contribution in [0.25, 0.3) is 0 Å². The van der Waals surface area contributed by atoms with Gasteiger partial charge in [0.1, 0.15) is 0 Å². The van der Waals surface area contributed by atoms with Crippen LogP contribution in [0.2, 0.25) is 0 Å². The van der Waals surface area contributed by atoms with Gasteiger partial charge in [0.25, 0.3) is 0 Å². The van der Waals surface area contributed by atoms with Gasteiger partial charge in [0.15, 0.2) is 0 Å². The van der Waals surface area contributed by atoms with Crippen molar-refractivity contribution < 1.29 is 9.47 Å². The lowest BCUT2D eigenvalue weighted by Gasteiger charge is -2.19. The highest BCUT2D eigenvalue weighted by Crippen LogP contribution is 2.11. The lowest BCUT2D eigenvalue weighted by Crippen LogP contribution is -2.30. The van der Waals surface area contributed by atoms with Crippen molar-refractivity contribution in [3.63, 3.8) is 0 Å². The van der Waals surface area contributed by atoms with Crippen molar-refractivity contribution in [3.05, 3.63) is 0 Å². The van der Waals surface area contributed by atoms with Gasteiger partial charge in [-0.1, -0.05) is 6.92 Å². The van der Waals surface area contributed by atoms with Crippen molar-refractivity contribution in [2.45, 2.75) is 32.0 Å². The van der Waals surface area contributed by atoms with E-state index in [0.717, 1.165) is 32.6 Å². The summed E-state index contributed by atoms with van der Waals surface area (Å²) >= 11 is 0. The summed E-state index contributed by atoms with van der Waals surface area (Å²) in [6.07, 6.45) is 2.81. The molecule has 3 heteroatoms. The Balaban J connectivity index is 2.16. The van der Waals surface area contributed by atoms with Crippen LogP contribution in [0.3, 0.4) is 0 Å². The summed E-state index contributed by atoms with van der Waals surface area (Å²) < 4.78 is 11.0. The molecule has 12 heavy (non-hydrogen) atoms. The predicted octanol–water partition coefficient (Wildman–Crippen LogP) is 0.790. The maximum Gasteiger partial charge on any atom is 0.0834 e. The lowest BCUT2D eigenvalue weighted by molar-refractivity contribution is -0.0155. The fourth-order valence-electron chi connectivity index (χ4n) is 1.41. The third-order valence-electron chi connectivity index (χ3n) is 2.16. The first-order chi connectivity index (χ1) is 5.86. The Kier molecular flexibility index (Phi) is 4.58. The molecule has 1 N–H and O–H groups in total. The molecule has 0 bridgehead atoms. The number of nitrogens with one attached hydrogen (secondary N) is 1. The van der Waals surface area contributed by atoms with E-state index in [0.29, 0.717) is 12.2 Å². The molecule has 0 amide bonds. The monoisotopic (exact) mass is 173 g/mol. The summed E-state index contributed by atoms with van der Waals surface area (Å²) in [7, 11) is 1.96. The van der Waals surface area contributed by atoms with Crippen LogP contribution in [-0.4, -0.2) is 39.0 Å². The largest absolute Gasteiger partial charge is 0.379 e. The fraction of sp³-hybridized carbons (Fsp3) is 1.00. The minimum absolute atomic E-state index is 0.336. The molecule has 0 aromatic heterocycles. The quantitative estimate of drug-likeness (QED) is 0.666. The van der Waals surface area contributed by atoms with Gasteiger partial charge in [-0.2, -0.15) is 0 Å². The molecule has 2 atom stereocenters. The van der Waals surface area contributed by atoms with Gasteiger partial charge in [0.05, 0.1) is 18.8 Å². The van der Waals surface area contributed by atoms with E-state index in [1.54, 1.807) is 0 Å². The second-order valence-corrected chi connectivity index (χ2v) is 3.21. The molecule has 0 saturated carbocycles. The number of hydrogen-bond donors (Lipinski definition) is 1. The maximum atomic E-state index is 5.81. The molecule has 0 aliphatic carbocycles. The van der Waals surface area contributed by atoms with E-state index in [1.165, 1.54) is 0 Å². The molecule has 0 radical (unpaired) electrons. The van der Waals surface area contributed by atoms with Gasteiger partial charge in [-0.3, -0.25) is 0 Å². The van der Waals surface area contributed by atoms with Crippen molar-refractivity contribution >= 4 is 0 Å². The summed E-state index contributed by atoms with van der Waals surface area (Å²) in [5.74, 6) is 0. The number of hydrogen-bond acceptors (Lipinski definition) is 3. The zero-order valence-electron chi connectivity index (χ0n) is 8.01. The molecule has 1 rings (SSSR count). The second kappa shape index (κ2) is 5.51.